The molecular weight excluding hydrogens is 228 g/mol. The Kier molecular flexibility index (Phi) is 4.31. The van der Waals surface area contributed by atoms with Crippen molar-refractivity contribution in [2.24, 2.45) is 0 Å². The lowest BCUT2D eigenvalue weighted by molar-refractivity contribution is 0.283. The van der Waals surface area contributed by atoms with Gasteiger partial charge in [-0.25, -0.2) is 0 Å². The van der Waals surface area contributed by atoms with E-state index in [2.05, 4.69) is 4.90 Å². The molecule has 0 atom stereocenters. The van der Waals surface area contributed by atoms with E-state index in [1.165, 1.54) is 19.3 Å². The highest BCUT2D eigenvalue weighted by atomic mass is 16.5. The number of nitrogens with two attached hydrogens (primary N) is 1. The molecule has 1 aromatic rings. The fourth-order valence-corrected chi connectivity index (χ4v) is 2.36. The Morgan fingerprint density at radius 1 is 1.44 bits per heavy atom. The molecule has 0 amide bonds. The Morgan fingerprint density at radius 3 is 2.72 bits per heavy atom. The van der Waals surface area contributed by atoms with Gasteiger partial charge >= 0.3 is 0 Å². The number of benzene rings is 1. The van der Waals surface area contributed by atoms with Gasteiger partial charge in [0.15, 0.2) is 0 Å². The predicted octanol–water partition coefficient (Wildman–Crippen LogP) is 2.02. The lowest BCUT2D eigenvalue weighted by atomic mass is 9.90. The molecule has 0 bridgehead atoms. The molecule has 0 saturated heterocycles. The lowest BCUT2D eigenvalue weighted by Gasteiger charge is -2.40. The van der Waals surface area contributed by atoms with E-state index in [0.29, 0.717) is 6.04 Å². The van der Waals surface area contributed by atoms with Crippen LogP contribution in [0.4, 0.5) is 11.4 Å². The molecule has 1 aliphatic carbocycles. The molecule has 4 heteroatoms. The molecule has 1 aliphatic rings. The summed E-state index contributed by atoms with van der Waals surface area (Å²) in [6.07, 6.45) is 4.51. The summed E-state index contributed by atoms with van der Waals surface area (Å²) in [5, 5.41) is 9.01. The number of aliphatic hydroxyl groups is 1. The average Bonchev–Trinajstić information content (AvgIpc) is 2.32. The topological polar surface area (TPSA) is 58.7 Å². The third-order valence-electron chi connectivity index (χ3n) is 3.62. The molecule has 4 nitrogen and oxygen atoms in total. The van der Waals surface area contributed by atoms with E-state index in [0.717, 1.165) is 30.1 Å². The van der Waals surface area contributed by atoms with E-state index in [1.54, 1.807) is 7.11 Å². The smallest absolute Gasteiger partial charge is 0.121 e. The van der Waals surface area contributed by atoms with Crippen LogP contribution in [0.1, 0.15) is 25.7 Å². The Hall–Kier alpha value is -1.42. The maximum atomic E-state index is 9.01. The minimum atomic E-state index is 0.222. The van der Waals surface area contributed by atoms with Crippen LogP contribution in [0.25, 0.3) is 0 Å². The van der Waals surface area contributed by atoms with E-state index in [-0.39, 0.29) is 6.61 Å². The van der Waals surface area contributed by atoms with Gasteiger partial charge in [-0.2, -0.15) is 0 Å². The third-order valence-corrected chi connectivity index (χ3v) is 3.62. The van der Waals surface area contributed by atoms with Crippen molar-refractivity contribution in [3.05, 3.63) is 18.2 Å². The van der Waals surface area contributed by atoms with Crippen molar-refractivity contribution in [1.82, 2.24) is 0 Å². The lowest BCUT2D eigenvalue weighted by Crippen LogP contribution is -2.41. The monoisotopic (exact) mass is 250 g/mol. The van der Waals surface area contributed by atoms with Crippen molar-refractivity contribution in [2.75, 3.05) is 30.9 Å². The zero-order valence-electron chi connectivity index (χ0n) is 10.9. The van der Waals surface area contributed by atoms with Crippen LogP contribution >= 0.6 is 0 Å². The summed E-state index contributed by atoms with van der Waals surface area (Å²) < 4.78 is 5.17. The highest BCUT2D eigenvalue weighted by Crippen LogP contribution is 2.34. The number of methoxy groups -OCH3 is 1. The van der Waals surface area contributed by atoms with Crippen LogP contribution in [-0.4, -0.2) is 31.4 Å². The van der Waals surface area contributed by atoms with Gasteiger partial charge in [-0.15, -0.1) is 0 Å². The van der Waals surface area contributed by atoms with Gasteiger partial charge in [0.25, 0.3) is 0 Å². The molecule has 2 rings (SSSR count). The molecule has 1 fully saturated rings. The second kappa shape index (κ2) is 5.96. The first-order valence-electron chi connectivity index (χ1n) is 6.57. The molecule has 0 aromatic heterocycles. The normalized spacial score (nSPS) is 15.2. The van der Waals surface area contributed by atoms with Crippen molar-refractivity contribution < 1.29 is 9.84 Å². The Balaban J connectivity index is 2.18. The van der Waals surface area contributed by atoms with E-state index < -0.39 is 0 Å². The van der Waals surface area contributed by atoms with Crippen molar-refractivity contribution >= 4 is 11.4 Å². The molecule has 0 aliphatic heterocycles. The molecular formula is C14H22N2O2. The summed E-state index contributed by atoms with van der Waals surface area (Å²) in [5.41, 5.74) is 7.92. The summed E-state index contributed by atoms with van der Waals surface area (Å²) in [7, 11) is 1.64. The van der Waals surface area contributed by atoms with Crippen LogP contribution in [0.3, 0.4) is 0 Å². The van der Waals surface area contributed by atoms with Crippen LogP contribution in [0.5, 0.6) is 5.75 Å². The summed E-state index contributed by atoms with van der Waals surface area (Å²) in [6, 6.07) is 6.40. The van der Waals surface area contributed by atoms with E-state index in [4.69, 9.17) is 15.6 Å². The number of aliphatic hydroxyl groups excluding tert-OH is 1. The van der Waals surface area contributed by atoms with Crippen LogP contribution in [-0.2, 0) is 0 Å². The summed E-state index contributed by atoms with van der Waals surface area (Å²) in [5.74, 6) is 0.784. The molecule has 0 unspecified atom stereocenters. The molecule has 0 spiro atoms. The van der Waals surface area contributed by atoms with Crippen LogP contribution < -0.4 is 15.4 Å². The van der Waals surface area contributed by atoms with Gasteiger partial charge in [-0.05, 0) is 37.8 Å². The molecule has 1 saturated carbocycles. The largest absolute Gasteiger partial charge is 0.497 e. The minimum absolute atomic E-state index is 0.222. The van der Waals surface area contributed by atoms with Crippen molar-refractivity contribution in [3.8, 4) is 5.75 Å². The Morgan fingerprint density at radius 2 is 2.22 bits per heavy atom. The number of ether oxygens (including phenoxy) is 1. The van der Waals surface area contributed by atoms with Gasteiger partial charge in [0.2, 0.25) is 0 Å². The highest BCUT2D eigenvalue weighted by molar-refractivity contribution is 5.70. The van der Waals surface area contributed by atoms with Gasteiger partial charge in [0, 0.05) is 25.3 Å². The van der Waals surface area contributed by atoms with Gasteiger partial charge < -0.3 is 20.5 Å². The van der Waals surface area contributed by atoms with Gasteiger partial charge in [0.05, 0.1) is 18.5 Å². The fourth-order valence-electron chi connectivity index (χ4n) is 2.36. The molecule has 100 valence electrons. The first-order valence-corrected chi connectivity index (χ1v) is 6.57. The first kappa shape index (κ1) is 13.0. The number of hydrogen-bond acceptors (Lipinski definition) is 4. The molecule has 0 radical (unpaired) electrons. The van der Waals surface area contributed by atoms with E-state index in [1.807, 2.05) is 18.2 Å². The average molecular weight is 250 g/mol. The molecule has 0 heterocycles. The van der Waals surface area contributed by atoms with Gasteiger partial charge in [0.1, 0.15) is 5.75 Å². The quantitative estimate of drug-likeness (QED) is 0.758. The maximum absolute atomic E-state index is 9.01. The van der Waals surface area contributed by atoms with Crippen LogP contribution in [0.15, 0.2) is 18.2 Å². The number of hydrogen-bond donors (Lipinski definition) is 2. The first-order chi connectivity index (χ1) is 8.76. The van der Waals surface area contributed by atoms with E-state index in [9.17, 15) is 0 Å². The van der Waals surface area contributed by atoms with Crippen molar-refractivity contribution in [3.63, 3.8) is 0 Å². The second-order valence-electron chi connectivity index (χ2n) is 4.78. The summed E-state index contributed by atoms with van der Waals surface area (Å²) in [6.45, 7) is 1.08. The van der Waals surface area contributed by atoms with E-state index >= 15 is 0 Å². The molecule has 3 N–H and O–H groups in total. The minimum Gasteiger partial charge on any atom is -0.497 e. The zero-order chi connectivity index (χ0) is 13.0. The Labute approximate surface area is 108 Å². The highest BCUT2D eigenvalue weighted by Gasteiger charge is 2.26. The zero-order valence-corrected chi connectivity index (χ0v) is 10.9. The maximum Gasteiger partial charge on any atom is 0.121 e. The summed E-state index contributed by atoms with van der Waals surface area (Å²) in [4.78, 5) is 2.33. The van der Waals surface area contributed by atoms with Crippen LogP contribution in [0, 0.1) is 0 Å². The van der Waals surface area contributed by atoms with Crippen molar-refractivity contribution in [1.29, 1.82) is 0 Å². The molecule has 1 aromatic carbocycles. The second-order valence-corrected chi connectivity index (χ2v) is 4.78. The number of rotatable bonds is 6. The van der Waals surface area contributed by atoms with Gasteiger partial charge in [-0.3, -0.25) is 0 Å². The number of anilines is 2. The number of nitrogens with zero attached hydrogens (tertiary/aromatic N) is 1. The van der Waals surface area contributed by atoms with Crippen LogP contribution in [0.2, 0.25) is 0 Å². The standard InChI is InChI=1S/C14H22N2O2/c1-18-12-6-7-14(13(15)10-12)16(8-3-9-17)11-4-2-5-11/h6-7,10-11,17H,2-5,8-9,15H2,1H3. The fraction of sp³-hybridized carbons (Fsp3) is 0.571. The van der Waals surface area contributed by atoms with Gasteiger partial charge in [-0.1, -0.05) is 0 Å². The molecule has 18 heavy (non-hydrogen) atoms. The number of nitrogen functional groups attached to an aromatic ring is 1. The predicted molar refractivity (Wildman–Crippen MR) is 74.1 cm³/mol. The third kappa shape index (κ3) is 2.70. The SMILES string of the molecule is COc1ccc(N(CCCO)C2CCC2)c(N)c1. The Bertz CT molecular complexity index is 391. The van der Waals surface area contributed by atoms with Crippen molar-refractivity contribution in [2.45, 2.75) is 31.7 Å². The summed E-state index contributed by atoms with van der Waals surface area (Å²) >= 11 is 0.